The second kappa shape index (κ2) is 5.87. The van der Waals surface area contributed by atoms with Crippen LogP contribution in [0, 0.1) is 15.9 Å². The number of nitrogens with zero attached hydrogens (tertiary/aromatic N) is 1. The summed E-state index contributed by atoms with van der Waals surface area (Å²) >= 11 is 3.05. The lowest BCUT2D eigenvalue weighted by molar-refractivity contribution is -0.383. The van der Waals surface area contributed by atoms with Gasteiger partial charge in [-0.1, -0.05) is 6.07 Å². The third-order valence-corrected chi connectivity index (χ3v) is 3.33. The fourth-order valence-corrected chi connectivity index (χ4v) is 2.02. The molecule has 0 bridgehead atoms. The Bertz CT molecular complexity index is 664. The van der Waals surface area contributed by atoms with Crippen molar-refractivity contribution >= 4 is 38.7 Å². The van der Waals surface area contributed by atoms with Crippen LogP contribution in [0.25, 0.3) is 0 Å². The predicted octanol–water partition coefficient (Wildman–Crippen LogP) is 4.28. The largest absolute Gasteiger partial charge is 0.382 e. The summed E-state index contributed by atoms with van der Waals surface area (Å²) in [5.41, 5.74) is 1.03. The zero-order chi connectivity index (χ0) is 14.7. The topological polar surface area (TPSA) is 67.2 Å². The first-order chi connectivity index (χ1) is 9.52. The van der Waals surface area contributed by atoms with E-state index >= 15 is 0 Å². The molecule has 0 radical (unpaired) electrons. The molecule has 0 aliphatic carbocycles. The van der Waals surface area contributed by atoms with E-state index in [9.17, 15) is 14.5 Å². The van der Waals surface area contributed by atoms with Crippen LogP contribution >= 0.6 is 15.9 Å². The van der Waals surface area contributed by atoms with Gasteiger partial charge in [-0.25, -0.2) is 4.39 Å². The van der Waals surface area contributed by atoms with E-state index < -0.39 is 10.7 Å². The molecule has 0 aromatic heterocycles. The van der Waals surface area contributed by atoms with E-state index in [2.05, 4.69) is 26.6 Å². The number of hydrogen-bond acceptors (Lipinski definition) is 4. The molecule has 0 atom stereocenters. The highest BCUT2D eigenvalue weighted by atomic mass is 79.9. The maximum atomic E-state index is 13.5. The second-order valence-electron chi connectivity index (χ2n) is 3.96. The number of nitrogens with one attached hydrogen (secondary N) is 2. The first kappa shape index (κ1) is 14.3. The van der Waals surface area contributed by atoms with E-state index in [1.165, 1.54) is 12.1 Å². The van der Waals surface area contributed by atoms with E-state index in [4.69, 9.17) is 0 Å². The van der Waals surface area contributed by atoms with E-state index in [-0.39, 0.29) is 5.69 Å². The highest BCUT2D eigenvalue weighted by molar-refractivity contribution is 9.10. The fourth-order valence-electron chi connectivity index (χ4n) is 1.77. The molecular formula is C13H11BrFN3O2. The minimum atomic E-state index is -0.483. The van der Waals surface area contributed by atoms with Gasteiger partial charge in [0.15, 0.2) is 0 Å². The average Bonchev–Trinajstić information content (AvgIpc) is 2.42. The zero-order valence-electron chi connectivity index (χ0n) is 10.5. The van der Waals surface area contributed by atoms with Crippen LogP contribution in [-0.2, 0) is 0 Å². The zero-order valence-corrected chi connectivity index (χ0v) is 12.1. The number of rotatable bonds is 4. The predicted molar refractivity (Wildman–Crippen MR) is 80.0 cm³/mol. The van der Waals surface area contributed by atoms with Gasteiger partial charge in [0.1, 0.15) is 17.2 Å². The number of nitro benzene ring substituents is 1. The van der Waals surface area contributed by atoms with Crippen molar-refractivity contribution in [3.63, 3.8) is 0 Å². The first-order valence-electron chi connectivity index (χ1n) is 5.70. The smallest absolute Gasteiger partial charge is 0.315 e. The molecule has 0 aliphatic rings. The van der Waals surface area contributed by atoms with Crippen molar-refractivity contribution in [1.29, 1.82) is 0 Å². The van der Waals surface area contributed by atoms with Crippen molar-refractivity contribution in [3.05, 3.63) is 56.8 Å². The molecular weight excluding hydrogens is 329 g/mol. The molecule has 0 saturated carbocycles. The van der Waals surface area contributed by atoms with Gasteiger partial charge >= 0.3 is 5.69 Å². The van der Waals surface area contributed by atoms with Crippen molar-refractivity contribution in [2.45, 2.75) is 0 Å². The minimum Gasteiger partial charge on any atom is -0.382 e. The summed E-state index contributed by atoms with van der Waals surface area (Å²) < 4.78 is 13.8. The molecule has 2 N–H and O–H groups in total. The summed E-state index contributed by atoms with van der Waals surface area (Å²) in [6.07, 6.45) is 0. The van der Waals surface area contributed by atoms with E-state index in [1.54, 1.807) is 31.3 Å². The third kappa shape index (κ3) is 2.88. The Morgan fingerprint density at radius 1 is 1.25 bits per heavy atom. The van der Waals surface area contributed by atoms with Gasteiger partial charge in [0.2, 0.25) is 0 Å². The van der Waals surface area contributed by atoms with Crippen molar-refractivity contribution in [1.82, 2.24) is 0 Å². The average molecular weight is 340 g/mol. The van der Waals surface area contributed by atoms with Crippen molar-refractivity contribution in [2.24, 2.45) is 0 Å². The van der Waals surface area contributed by atoms with Gasteiger partial charge in [0.05, 0.1) is 9.40 Å². The molecule has 20 heavy (non-hydrogen) atoms. The molecule has 0 spiro atoms. The van der Waals surface area contributed by atoms with Gasteiger partial charge in [-0.05, 0) is 46.3 Å². The highest BCUT2D eigenvalue weighted by Gasteiger charge is 2.19. The van der Waals surface area contributed by atoms with E-state index in [0.29, 0.717) is 21.5 Å². The summed E-state index contributed by atoms with van der Waals surface area (Å²) in [4.78, 5) is 10.7. The van der Waals surface area contributed by atoms with Crippen LogP contribution in [0.1, 0.15) is 0 Å². The van der Waals surface area contributed by atoms with Crippen LogP contribution in [0.4, 0.5) is 27.1 Å². The van der Waals surface area contributed by atoms with Crippen molar-refractivity contribution in [2.75, 3.05) is 17.7 Å². The third-order valence-electron chi connectivity index (χ3n) is 2.69. The lowest BCUT2D eigenvalue weighted by atomic mass is 10.2. The molecule has 5 nitrogen and oxygen atoms in total. The number of nitro groups is 1. The maximum Gasteiger partial charge on any atom is 0.315 e. The van der Waals surface area contributed by atoms with E-state index in [1.807, 2.05) is 0 Å². The Morgan fingerprint density at radius 2 is 1.95 bits per heavy atom. The van der Waals surface area contributed by atoms with Gasteiger partial charge in [-0.15, -0.1) is 0 Å². The van der Waals surface area contributed by atoms with Crippen LogP contribution in [0.5, 0.6) is 0 Å². The monoisotopic (exact) mass is 339 g/mol. The van der Waals surface area contributed by atoms with Gasteiger partial charge in [0, 0.05) is 12.7 Å². The molecule has 104 valence electrons. The number of halogens is 2. The Labute approximate surface area is 123 Å². The second-order valence-corrected chi connectivity index (χ2v) is 4.82. The standard InChI is InChI=1S/C13H11BrFN3O2/c1-16-11-3-2-4-12(13(11)18(19)20)17-8-5-6-9(14)10(15)7-8/h2-7,16-17H,1H3. The van der Waals surface area contributed by atoms with Crippen molar-refractivity contribution < 1.29 is 9.31 Å². The van der Waals surface area contributed by atoms with Crippen LogP contribution in [-0.4, -0.2) is 12.0 Å². The Morgan fingerprint density at radius 3 is 2.55 bits per heavy atom. The van der Waals surface area contributed by atoms with Crippen molar-refractivity contribution in [3.8, 4) is 0 Å². The highest BCUT2D eigenvalue weighted by Crippen LogP contribution is 2.34. The van der Waals surface area contributed by atoms with Gasteiger partial charge in [0.25, 0.3) is 0 Å². The van der Waals surface area contributed by atoms with Gasteiger partial charge < -0.3 is 10.6 Å². The first-order valence-corrected chi connectivity index (χ1v) is 6.49. The number of benzene rings is 2. The fraction of sp³-hybridized carbons (Fsp3) is 0.0769. The summed E-state index contributed by atoms with van der Waals surface area (Å²) in [7, 11) is 1.60. The minimum absolute atomic E-state index is 0.0849. The normalized spacial score (nSPS) is 10.2. The summed E-state index contributed by atoms with van der Waals surface area (Å²) in [6, 6.07) is 9.27. The number of para-hydroxylation sites is 1. The Hall–Kier alpha value is -2.15. The lowest BCUT2D eigenvalue weighted by Gasteiger charge is -2.10. The van der Waals surface area contributed by atoms with Crippen LogP contribution in [0.2, 0.25) is 0 Å². The lowest BCUT2D eigenvalue weighted by Crippen LogP contribution is -2.01. The molecule has 7 heteroatoms. The molecule has 0 unspecified atom stereocenters. The Kier molecular flexibility index (Phi) is 4.19. The molecule has 0 amide bonds. The molecule has 0 saturated heterocycles. The molecule has 0 aliphatic heterocycles. The SMILES string of the molecule is CNc1cccc(Nc2ccc(Br)c(F)c2)c1[N+](=O)[O-]. The quantitative estimate of drug-likeness (QED) is 0.644. The molecule has 2 aromatic rings. The van der Waals surface area contributed by atoms with Crippen LogP contribution < -0.4 is 10.6 Å². The van der Waals surface area contributed by atoms with Gasteiger partial charge in [-0.3, -0.25) is 10.1 Å². The summed E-state index contributed by atoms with van der Waals surface area (Å²) in [5, 5.41) is 16.8. The molecule has 0 fully saturated rings. The molecule has 0 heterocycles. The van der Waals surface area contributed by atoms with Gasteiger partial charge in [-0.2, -0.15) is 0 Å². The molecule has 2 aromatic carbocycles. The van der Waals surface area contributed by atoms with E-state index in [0.717, 1.165) is 0 Å². The molecule has 2 rings (SSSR count). The van der Waals surface area contributed by atoms with Crippen LogP contribution in [0.3, 0.4) is 0 Å². The number of anilines is 3. The summed E-state index contributed by atoms with van der Waals surface area (Å²) in [6.45, 7) is 0. The van der Waals surface area contributed by atoms with Crippen LogP contribution in [0.15, 0.2) is 40.9 Å². The Balaban J connectivity index is 2.42. The summed E-state index contributed by atoms with van der Waals surface area (Å²) in [5.74, 6) is -0.442. The number of hydrogen-bond donors (Lipinski definition) is 2. The maximum absolute atomic E-state index is 13.5.